The topological polar surface area (TPSA) is 180 Å². The smallest absolute Gasteiger partial charge is 0.221 e. The summed E-state index contributed by atoms with van der Waals surface area (Å²) in [7, 11) is -16.0. The Hall–Kier alpha value is -0.381. The molecule has 0 atom stereocenters. The molecule has 0 aliphatic heterocycles. The standard InChI is InChI=1S/3CH2F3NO2S.Cu/c3*2-1(3,4)8(5,6)7;/h3*(H2,5,6,7);. The maximum Gasteiger partial charge on any atom is 0.511 e. The van der Waals surface area contributed by atoms with Gasteiger partial charge in [-0.25, -0.2) is 40.7 Å². The molecule has 0 saturated carbocycles. The second-order valence-corrected chi connectivity index (χ2v) is 7.63. The van der Waals surface area contributed by atoms with Crippen LogP contribution in [0.4, 0.5) is 39.5 Å². The first-order valence-corrected chi connectivity index (χ1v) is 8.66. The van der Waals surface area contributed by atoms with Crippen LogP contribution in [0.25, 0.3) is 0 Å². The number of hydrogen-bond acceptors (Lipinski definition) is 6. The molecule has 0 aliphatic carbocycles. The Morgan fingerprint density at radius 3 is 0.480 bits per heavy atom. The zero-order chi connectivity index (χ0) is 21.0. The second-order valence-electron chi connectivity index (χ2n) is 2.97. The molecule has 0 heterocycles. The Balaban J connectivity index is -0.000000130. The molecule has 161 valence electrons. The molecular weight excluding hydrogens is 505 g/mol. The minimum atomic E-state index is -5.34. The van der Waals surface area contributed by atoms with Crippen molar-refractivity contribution in [1.29, 1.82) is 0 Å². The Labute approximate surface area is 144 Å². The summed E-state index contributed by atoms with van der Waals surface area (Å²) in [5, 5.41) is 11.0. The van der Waals surface area contributed by atoms with Crippen LogP contribution in [0.15, 0.2) is 0 Å². The van der Waals surface area contributed by atoms with Crippen LogP contribution in [0.1, 0.15) is 0 Å². The molecule has 0 unspecified atom stereocenters. The summed E-state index contributed by atoms with van der Waals surface area (Å²) in [6.45, 7) is 0. The predicted octanol–water partition coefficient (Wildman–Crippen LogP) is -0.618. The summed E-state index contributed by atoms with van der Waals surface area (Å²) in [6, 6.07) is 0. The van der Waals surface area contributed by atoms with Crippen molar-refractivity contribution in [2.75, 3.05) is 0 Å². The Bertz CT molecular complexity index is 605. The van der Waals surface area contributed by atoms with Crippen LogP contribution in [0, 0.1) is 0 Å². The van der Waals surface area contributed by atoms with Crippen LogP contribution < -0.4 is 15.4 Å². The van der Waals surface area contributed by atoms with E-state index in [1.165, 1.54) is 0 Å². The summed E-state index contributed by atoms with van der Waals surface area (Å²) >= 11 is 0. The van der Waals surface area contributed by atoms with Gasteiger partial charge in [0.15, 0.2) is 0 Å². The number of rotatable bonds is 0. The predicted molar refractivity (Wildman–Crippen MR) is 57.5 cm³/mol. The van der Waals surface area contributed by atoms with Crippen molar-refractivity contribution < 1.29 is 81.8 Å². The van der Waals surface area contributed by atoms with Gasteiger partial charge in [0.05, 0.1) is 0 Å². The number of nitrogens with two attached hydrogens (primary N) is 3. The van der Waals surface area contributed by atoms with Crippen molar-refractivity contribution >= 4 is 30.1 Å². The minimum absolute atomic E-state index is 0. The van der Waals surface area contributed by atoms with Gasteiger partial charge in [-0.2, -0.15) is 39.5 Å². The molecule has 25 heavy (non-hydrogen) atoms. The molecule has 0 saturated heterocycles. The van der Waals surface area contributed by atoms with E-state index in [4.69, 9.17) is 0 Å². The molecule has 0 aromatic rings. The largest absolute Gasteiger partial charge is 0.511 e. The molecule has 22 heteroatoms. The zero-order valence-corrected chi connectivity index (χ0v) is 14.0. The molecule has 0 bridgehead atoms. The van der Waals surface area contributed by atoms with Gasteiger partial charge in [0.1, 0.15) is 0 Å². The number of sulfonamides is 3. The maximum absolute atomic E-state index is 10.8. The van der Waals surface area contributed by atoms with Crippen molar-refractivity contribution in [1.82, 2.24) is 0 Å². The number of alkyl halides is 9. The van der Waals surface area contributed by atoms with E-state index in [9.17, 15) is 64.8 Å². The van der Waals surface area contributed by atoms with E-state index >= 15 is 0 Å². The summed E-state index contributed by atoms with van der Waals surface area (Å²) in [4.78, 5) is 0. The average Bonchev–Trinajstić information content (AvgIpc) is 2.08. The van der Waals surface area contributed by atoms with E-state index in [1.54, 1.807) is 0 Å². The fraction of sp³-hybridized carbons (Fsp3) is 1.00. The summed E-state index contributed by atoms with van der Waals surface area (Å²) in [6.07, 6.45) is 0. The minimum Gasteiger partial charge on any atom is -0.221 e. The molecule has 0 fully saturated rings. The van der Waals surface area contributed by atoms with E-state index in [2.05, 4.69) is 15.4 Å². The second kappa shape index (κ2) is 9.52. The van der Waals surface area contributed by atoms with Gasteiger partial charge < -0.3 is 0 Å². The zero-order valence-electron chi connectivity index (χ0n) is 10.6. The normalized spacial score (nSPS) is 13.4. The SMILES string of the molecule is NS(=O)(=O)C(F)(F)F.NS(=O)(=O)C(F)(F)F.NS(=O)(=O)C(F)(F)F.[Cu]. The van der Waals surface area contributed by atoms with Gasteiger partial charge >= 0.3 is 46.6 Å². The number of primary sulfonamides is 3. The number of hydrogen-bond donors (Lipinski definition) is 3. The van der Waals surface area contributed by atoms with E-state index in [0.717, 1.165) is 0 Å². The molecule has 0 rings (SSSR count). The van der Waals surface area contributed by atoms with Gasteiger partial charge in [0.2, 0.25) is 0 Å². The van der Waals surface area contributed by atoms with E-state index in [-0.39, 0.29) is 17.1 Å². The Morgan fingerprint density at radius 1 is 0.440 bits per heavy atom. The summed E-state index contributed by atoms with van der Waals surface area (Å²) in [5.41, 5.74) is -15.9. The van der Waals surface area contributed by atoms with Gasteiger partial charge in [0, 0.05) is 17.1 Å². The molecule has 0 spiro atoms. The molecule has 6 N–H and O–H groups in total. The fourth-order valence-corrected chi connectivity index (χ4v) is 0. The van der Waals surface area contributed by atoms with Crippen LogP contribution in [0.5, 0.6) is 0 Å². The van der Waals surface area contributed by atoms with Gasteiger partial charge in [-0.15, -0.1) is 0 Å². The van der Waals surface area contributed by atoms with Crippen molar-refractivity contribution in [2.45, 2.75) is 16.5 Å². The Kier molecular flexibility index (Phi) is 12.3. The van der Waals surface area contributed by atoms with Crippen LogP contribution in [0.3, 0.4) is 0 Å². The maximum atomic E-state index is 10.8. The monoisotopic (exact) mass is 510 g/mol. The van der Waals surface area contributed by atoms with Gasteiger partial charge in [-0.05, 0) is 0 Å². The average molecular weight is 511 g/mol. The third-order valence-electron chi connectivity index (χ3n) is 0.968. The molecule has 0 aromatic heterocycles. The number of halogens is 9. The van der Waals surface area contributed by atoms with Gasteiger partial charge in [0.25, 0.3) is 0 Å². The van der Waals surface area contributed by atoms with Crippen molar-refractivity contribution in [2.24, 2.45) is 15.4 Å². The molecular formula is C3H6CuF9N3O6S3. The van der Waals surface area contributed by atoms with Crippen LogP contribution in [-0.4, -0.2) is 41.8 Å². The van der Waals surface area contributed by atoms with Crippen molar-refractivity contribution in [3.05, 3.63) is 0 Å². The third kappa shape index (κ3) is 15.6. The molecule has 1 radical (unpaired) electrons. The molecule has 0 aliphatic rings. The van der Waals surface area contributed by atoms with E-state index < -0.39 is 46.6 Å². The Morgan fingerprint density at radius 2 is 0.480 bits per heavy atom. The van der Waals surface area contributed by atoms with Crippen LogP contribution in [-0.2, 0) is 47.1 Å². The van der Waals surface area contributed by atoms with Crippen molar-refractivity contribution in [3.63, 3.8) is 0 Å². The molecule has 9 nitrogen and oxygen atoms in total. The summed E-state index contributed by atoms with van der Waals surface area (Å²) < 4.78 is 153. The molecule has 0 aromatic carbocycles. The molecule has 0 amide bonds. The summed E-state index contributed by atoms with van der Waals surface area (Å²) in [5.74, 6) is 0. The van der Waals surface area contributed by atoms with Crippen LogP contribution >= 0.6 is 0 Å². The van der Waals surface area contributed by atoms with Crippen LogP contribution in [0.2, 0.25) is 0 Å². The van der Waals surface area contributed by atoms with Gasteiger partial charge in [-0.3, -0.25) is 0 Å². The third-order valence-corrected chi connectivity index (χ3v) is 2.90. The first-order chi connectivity index (χ1) is 9.75. The fourth-order valence-electron chi connectivity index (χ4n) is 0. The van der Waals surface area contributed by atoms with Gasteiger partial charge in [-0.1, -0.05) is 0 Å². The first kappa shape index (κ1) is 32.3. The van der Waals surface area contributed by atoms with Crippen molar-refractivity contribution in [3.8, 4) is 0 Å². The first-order valence-electron chi connectivity index (χ1n) is 4.02. The van der Waals surface area contributed by atoms with E-state index in [1.807, 2.05) is 0 Å². The quantitative estimate of drug-likeness (QED) is 0.288. The van der Waals surface area contributed by atoms with E-state index in [0.29, 0.717) is 0 Å².